The molecule has 0 aliphatic carbocycles. The van der Waals surface area contributed by atoms with Gasteiger partial charge in [0.05, 0.1) is 0 Å². The van der Waals surface area contributed by atoms with Gasteiger partial charge in [-0.15, -0.1) is 0 Å². The van der Waals surface area contributed by atoms with Crippen LogP contribution >= 0.6 is 11.6 Å². The van der Waals surface area contributed by atoms with E-state index in [0.717, 1.165) is 12.1 Å². The summed E-state index contributed by atoms with van der Waals surface area (Å²) in [5, 5.41) is 0.278. The predicted octanol–water partition coefficient (Wildman–Crippen LogP) is 2.12. The molecule has 1 atom stereocenters. The van der Waals surface area contributed by atoms with Crippen molar-refractivity contribution in [1.29, 1.82) is 0 Å². The van der Waals surface area contributed by atoms with E-state index >= 15 is 0 Å². The van der Waals surface area contributed by atoms with Gasteiger partial charge in [-0.05, 0) is 25.0 Å². The van der Waals surface area contributed by atoms with Crippen LogP contribution in [-0.2, 0) is 10.2 Å². The zero-order valence-corrected chi connectivity index (χ0v) is 13.3. The number of pyridine rings is 1. The summed E-state index contributed by atoms with van der Waals surface area (Å²) in [6.45, 7) is 6.54. The smallest absolute Gasteiger partial charge is 0.254 e. The van der Waals surface area contributed by atoms with E-state index in [0.29, 0.717) is 18.5 Å². The molecule has 1 saturated heterocycles. The fourth-order valence-electron chi connectivity index (χ4n) is 2.48. The van der Waals surface area contributed by atoms with Gasteiger partial charge >= 0.3 is 0 Å². The zero-order valence-electron chi connectivity index (χ0n) is 12.5. The number of aromatic nitrogens is 1. The minimum atomic E-state index is -0.525. The van der Waals surface area contributed by atoms with Gasteiger partial charge in [0.2, 0.25) is 5.91 Å². The van der Waals surface area contributed by atoms with Crippen molar-refractivity contribution in [2.45, 2.75) is 45.1 Å². The van der Waals surface area contributed by atoms with Crippen molar-refractivity contribution < 1.29 is 9.59 Å². The molecular weight excluding hydrogens is 290 g/mol. The Balaban J connectivity index is 2.35. The molecule has 1 fully saturated rings. The monoisotopic (exact) mass is 309 g/mol. The Labute approximate surface area is 129 Å². The van der Waals surface area contributed by atoms with Crippen LogP contribution in [0.15, 0.2) is 12.1 Å². The van der Waals surface area contributed by atoms with E-state index in [9.17, 15) is 9.59 Å². The van der Waals surface area contributed by atoms with Crippen LogP contribution in [0.1, 0.15) is 49.7 Å². The van der Waals surface area contributed by atoms with Gasteiger partial charge < -0.3 is 10.6 Å². The van der Waals surface area contributed by atoms with E-state index in [1.54, 1.807) is 6.07 Å². The second-order valence-electron chi connectivity index (χ2n) is 6.37. The number of amides is 2. The molecule has 2 rings (SSSR count). The van der Waals surface area contributed by atoms with Gasteiger partial charge in [0.1, 0.15) is 11.2 Å². The van der Waals surface area contributed by atoms with Crippen LogP contribution in [0.2, 0.25) is 5.15 Å². The van der Waals surface area contributed by atoms with Crippen molar-refractivity contribution in [1.82, 2.24) is 9.88 Å². The number of hydrogen-bond donors (Lipinski definition) is 1. The average Bonchev–Trinajstić information content (AvgIpc) is 2.85. The first kappa shape index (κ1) is 15.8. The number of carbonyl (C=O) groups is 2. The molecule has 0 spiro atoms. The molecule has 1 aliphatic rings. The summed E-state index contributed by atoms with van der Waals surface area (Å²) in [6, 6.07) is 2.75. The lowest BCUT2D eigenvalue weighted by atomic mass is 9.90. The molecule has 5 nitrogen and oxygen atoms in total. The number of hydrogen-bond acceptors (Lipinski definition) is 3. The molecule has 2 amide bonds. The number of halogens is 1. The molecule has 21 heavy (non-hydrogen) atoms. The number of primary amides is 1. The van der Waals surface area contributed by atoms with Crippen molar-refractivity contribution in [3.8, 4) is 0 Å². The summed E-state index contributed by atoms with van der Waals surface area (Å²) in [4.78, 5) is 29.9. The summed E-state index contributed by atoms with van der Waals surface area (Å²) >= 11 is 6.03. The Morgan fingerprint density at radius 1 is 1.38 bits per heavy atom. The lowest BCUT2D eigenvalue weighted by molar-refractivity contribution is -0.121. The number of nitrogens with two attached hydrogens (primary N) is 1. The molecule has 114 valence electrons. The molecule has 1 unspecified atom stereocenters. The van der Waals surface area contributed by atoms with Gasteiger partial charge in [-0.25, -0.2) is 4.98 Å². The summed E-state index contributed by atoms with van der Waals surface area (Å²) < 4.78 is 0. The van der Waals surface area contributed by atoms with Crippen molar-refractivity contribution in [3.05, 3.63) is 28.5 Å². The molecular formula is C15H20ClN3O2. The molecule has 1 aliphatic heterocycles. The Hall–Kier alpha value is -1.62. The highest BCUT2D eigenvalue weighted by atomic mass is 35.5. The number of rotatable bonds is 2. The van der Waals surface area contributed by atoms with Gasteiger partial charge in [-0.1, -0.05) is 32.4 Å². The second kappa shape index (κ2) is 5.64. The van der Waals surface area contributed by atoms with Crippen LogP contribution in [0.3, 0.4) is 0 Å². The van der Waals surface area contributed by atoms with Crippen LogP contribution in [0, 0.1) is 0 Å². The van der Waals surface area contributed by atoms with E-state index in [2.05, 4.69) is 4.98 Å². The highest BCUT2D eigenvalue weighted by Crippen LogP contribution is 2.26. The van der Waals surface area contributed by atoms with Crippen LogP contribution in [0.5, 0.6) is 0 Å². The topological polar surface area (TPSA) is 76.3 Å². The van der Waals surface area contributed by atoms with E-state index in [1.807, 2.05) is 20.8 Å². The van der Waals surface area contributed by atoms with E-state index in [1.165, 1.54) is 11.0 Å². The maximum atomic E-state index is 12.6. The summed E-state index contributed by atoms with van der Waals surface area (Å²) in [5.41, 5.74) is 6.34. The zero-order chi connectivity index (χ0) is 15.8. The quantitative estimate of drug-likeness (QED) is 0.850. The van der Waals surface area contributed by atoms with Crippen molar-refractivity contribution in [2.75, 3.05) is 6.54 Å². The minimum Gasteiger partial charge on any atom is -0.368 e. The summed E-state index contributed by atoms with van der Waals surface area (Å²) in [6.07, 6.45) is 1.40. The largest absolute Gasteiger partial charge is 0.368 e. The fourth-order valence-corrected chi connectivity index (χ4v) is 2.68. The standard InChI is InChI=1S/C15H20ClN3O2/c1-15(2,3)11-7-9(8-12(16)18-11)14(21)19-6-4-5-10(19)13(17)20/h7-8,10H,4-6H2,1-3H3,(H2,17,20). The van der Waals surface area contributed by atoms with Crippen molar-refractivity contribution >= 4 is 23.4 Å². The molecule has 1 aromatic rings. The normalized spacial score (nSPS) is 18.9. The van der Waals surface area contributed by atoms with E-state index in [4.69, 9.17) is 17.3 Å². The SMILES string of the molecule is CC(C)(C)c1cc(C(=O)N2CCCC2C(N)=O)cc(Cl)n1. The molecule has 6 heteroatoms. The Morgan fingerprint density at radius 2 is 2.05 bits per heavy atom. The van der Waals surface area contributed by atoms with E-state index < -0.39 is 11.9 Å². The van der Waals surface area contributed by atoms with Gasteiger partial charge in [-0.3, -0.25) is 9.59 Å². The maximum absolute atomic E-state index is 12.6. The van der Waals surface area contributed by atoms with Crippen molar-refractivity contribution in [3.63, 3.8) is 0 Å². The molecule has 0 aromatic carbocycles. The first-order valence-corrected chi connectivity index (χ1v) is 7.36. The van der Waals surface area contributed by atoms with Gasteiger partial charge in [0.15, 0.2) is 0 Å². The van der Waals surface area contributed by atoms with Gasteiger partial charge in [-0.2, -0.15) is 0 Å². The molecule has 1 aromatic heterocycles. The molecule has 0 bridgehead atoms. The molecule has 2 N–H and O–H groups in total. The third-order valence-corrected chi connectivity index (χ3v) is 3.85. The minimum absolute atomic E-state index is 0.214. The van der Waals surface area contributed by atoms with Crippen molar-refractivity contribution in [2.24, 2.45) is 5.73 Å². The maximum Gasteiger partial charge on any atom is 0.254 e. The first-order chi connectivity index (χ1) is 9.70. The number of carbonyl (C=O) groups excluding carboxylic acids is 2. The third kappa shape index (κ3) is 3.35. The lowest BCUT2D eigenvalue weighted by Gasteiger charge is -2.24. The lowest BCUT2D eigenvalue weighted by Crippen LogP contribution is -2.43. The molecule has 0 saturated carbocycles. The number of nitrogens with zero attached hydrogens (tertiary/aromatic N) is 2. The Morgan fingerprint density at radius 3 is 2.62 bits per heavy atom. The highest BCUT2D eigenvalue weighted by molar-refractivity contribution is 6.29. The predicted molar refractivity (Wildman–Crippen MR) is 81.2 cm³/mol. The Kier molecular flexibility index (Phi) is 4.23. The van der Waals surface area contributed by atoms with Gasteiger partial charge in [0.25, 0.3) is 5.91 Å². The van der Waals surface area contributed by atoms with Crippen LogP contribution in [0.25, 0.3) is 0 Å². The Bertz CT molecular complexity index is 581. The summed E-state index contributed by atoms with van der Waals surface area (Å²) in [7, 11) is 0. The number of likely N-dealkylation sites (tertiary alicyclic amines) is 1. The fraction of sp³-hybridized carbons (Fsp3) is 0.533. The van der Waals surface area contributed by atoms with E-state index in [-0.39, 0.29) is 16.5 Å². The van der Waals surface area contributed by atoms with Crippen LogP contribution in [0.4, 0.5) is 0 Å². The third-order valence-electron chi connectivity index (χ3n) is 3.65. The van der Waals surface area contributed by atoms with Crippen LogP contribution < -0.4 is 5.73 Å². The summed E-state index contributed by atoms with van der Waals surface area (Å²) in [5.74, 6) is -0.678. The highest BCUT2D eigenvalue weighted by Gasteiger charge is 2.33. The second-order valence-corrected chi connectivity index (χ2v) is 6.76. The molecule has 0 radical (unpaired) electrons. The van der Waals surface area contributed by atoms with Crippen LogP contribution in [-0.4, -0.2) is 34.3 Å². The first-order valence-electron chi connectivity index (χ1n) is 6.98. The van der Waals surface area contributed by atoms with Gasteiger partial charge in [0, 0.05) is 23.2 Å². The average molecular weight is 310 g/mol. The molecule has 2 heterocycles.